The van der Waals surface area contributed by atoms with Gasteiger partial charge in [0.25, 0.3) is 0 Å². The number of nitrogens with zero attached hydrogens (tertiary/aromatic N) is 2. The van der Waals surface area contributed by atoms with Gasteiger partial charge in [-0.3, -0.25) is 9.59 Å². The van der Waals surface area contributed by atoms with Crippen LogP contribution in [-0.2, 0) is 9.59 Å². The molecule has 0 fully saturated rings. The average molecular weight is 375 g/mol. The maximum absolute atomic E-state index is 12.7. The maximum Gasteiger partial charge on any atom is 0.247 e. The quantitative estimate of drug-likeness (QED) is 0.797. The Bertz CT molecular complexity index is 688. The number of likely N-dealkylation sites (N-methyl/N-ethyl adjacent to an activating group) is 1. The summed E-state index contributed by atoms with van der Waals surface area (Å²) in [6, 6.07) is 16.8. The SMILES string of the molecule is CCN(C(=O)CN(C(C)=O)c1cccc(Br)c1)c1ccccc1. The van der Waals surface area contributed by atoms with Crippen LogP contribution in [0.4, 0.5) is 11.4 Å². The molecular formula is C18H19BrN2O2. The van der Waals surface area contributed by atoms with Gasteiger partial charge in [-0.1, -0.05) is 40.2 Å². The van der Waals surface area contributed by atoms with E-state index in [1.807, 2.05) is 61.5 Å². The van der Waals surface area contributed by atoms with Crippen molar-refractivity contribution in [2.75, 3.05) is 22.9 Å². The molecule has 120 valence electrons. The summed E-state index contributed by atoms with van der Waals surface area (Å²) in [7, 11) is 0. The van der Waals surface area contributed by atoms with Gasteiger partial charge in [0.2, 0.25) is 11.8 Å². The van der Waals surface area contributed by atoms with Gasteiger partial charge in [-0.2, -0.15) is 0 Å². The van der Waals surface area contributed by atoms with Gasteiger partial charge in [0.05, 0.1) is 0 Å². The number of para-hydroxylation sites is 1. The van der Waals surface area contributed by atoms with Crippen molar-refractivity contribution in [3.63, 3.8) is 0 Å². The number of amides is 2. The Morgan fingerprint density at radius 2 is 1.61 bits per heavy atom. The van der Waals surface area contributed by atoms with E-state index in [1.54, 1.807) is 4.90 Å². The van der Waals surface area contributed by atoms with Crippen LogP contribution in [0.5, 0.6) is 0 Å². The van der Waals surface area contributed by atoms with Gasteiger partial charge in [0.15, 0.2) is 0 Å². The molecule has 0 aliphatic heterocycles. The zero-order chi connectivity index (χ0) is 16.8. The van der Waals surface area contributed by atoms with Crippen molar-refractivity contribution in [3.8, 4) is 0 Å². The fourth-order valence-electron chi connectivity index (χ4n) is 2.36. The highest BCUT2D eigenvalue weighted by molar-refractivity contribution is 9.10. The number of rotatable bonds is 5. The van der Waals surface area contributed by atoms with Crippen LogP contribution in [0, 0.1) is 0 Å². The molecule has 0 saturated carbocycles. The lowest BCUT2D eigenvalue weighted by molar-refractivity contribution is -0.121. The molecule has 4 nitrogen and oxygen atoms in total. The van der Waals surface area contributed by atoms with Crippen LogP contribution in [0.1, 0.15) is 13.8 Å². The summed E-state index contributed by atoms with van der Waals surface area (Å²) in [5.41, 5.74) is 1.53. The minimum Gasteiger partial charge on any atom is -0.311 e. The van der Waals surface area contributed by atoms with E-state index in [4.69, 9.17) is 0 Å². The van der Waals surface area contributed by atoms with E-state index in [0.29, 0.717) is 12.2 Å². The molecule has 0 atom stereocenters. The molecule has 2 rings (SSSR count). The van der Waals surface area contributed by atoms with E-state index < -0.39 is 0 Å². The van der Waals surface area contributed by atoms with E-state index >= 15 is 0 Å². The largest absolute Gasteiger partial charge is 0.311 e. The van der Waals surface area contributed by atoms with Gasteiger partial charge in [-0.15, -0.1) is 0 Å². The van der Waals surface area contributed by atoms with Crippen LogP contribution in [0.25, 0.3) is 0 Å². The normalized spacial score (nSPS) is 10.2. The van der Waals surface area contributed by atoms with Crippen molar-refractivity contribution < 1.29 is 9.59 Å². The molecular weight excluding hydrogens is 356 g/mol. The van der Waals surface area contributed by atoms with Crippen molar-refractivity contribution in [2.24, 2.45) is 0 Å². The van der Waals surface area contributed by atoms with E-state index in [1.165, 1.54) is 11.8 Å². The third kappa shape index (κ3) is 4.42. The number of carbonyl (C=O) groups is 2. The van der Waals surface area contributed by atoms with Crippen LogP contribution >= 0.6 is 15.9 Å². The first-order valence-corrected chi connectivity index (χ1v) is 8.21. The summed E-state index contributed by atoms with van der Waals surface area (Å²) in [5, 5.41) is 0. The molecule has 2 aromatic carbocycles. The first-order chi connectivity index (χ1) is 11.0. The number of benzene rings is 2. The molecule has 0 N–H and O–H groups in total. The predicted molar refractivity (Wildman–Crippen MR) is 96.6 cm³/mol. The van der Waals surface area contributed by atoms with Crippen LogP contribution in [-0.4, -0.2) is 24.9 Å². The van der Waals surface area contributed by atoms with E-state index in [2.05, 4.69) is 15.9 Å². The fraction of sp³-hybridized carbons (Fsp3) is 0.222. The first kappa shape index (κ1) is 17.2. The van der Waals surface area contributed by atoms with Gasteiger partial charge in [-0.25, -0.2) is 0 Å². The lowest BCUT2D eigenvalue weighted by atomic mass is 10.2. The molecule has 0 heterocycles. The van der Waals surface area contributed by atoms with Crippen LogP contribution in [0.3, 0.4) is 0 Å². The molecule has 0 radical (unpaired) electrons. The predicted octanol–water partition coefficient (Wildman–Crippen LogP) is 3.86. The maximum atomic E-state index is 12.7. The van der Waals surface area contributed by atoms with Gasteiger partial charge in [0, 0.05) is 29.3 Å². The van der Waals surface area contributed by atoms with Crippen molar-refractivity contribution in [3.05, 3.63) is 59.1 Å². The van der Waals surface area contributed by atoms with Crippen molar-refractivity contribution in [1.82, 2.24) is 0 Å². The second-order valence-electron chi connectivity index (χ2n) is 5.06. The Labute approximate surface area is 144 Å². The molecule has 0 saturated heterocycles. The zero-order valence-corrected chi connectivity index (χ0v) is 14.8. The third-order valence-corrected chi connectivity index (χ3v) is 3.97. The Balaban J connectivity index is 2.22. The number of halogens is 1. The first-order valence-electron chi connectivity index (χ1n) is 7.42. The van der Waals surface area contributed by atoms with Crippen LogP contribution < -0.4 is 9.80 Å². The molecule has 0 spiro atoms. The van der Waals surface area contributed by atoms with Crippen LogP contribution in [0.2, 0.25) is 0 Å². The topological polar surface area (TPSA) is 40.6 Å². The lowest BCUT2D eigenvalue weighted by Crippen LogP contribution is -2.42. The monoisotopic (exact) mass is 374 g/mol. The second kappa shape index (κ2) is 7.92. The summed E-state index contributed by atoms with van der Waals surface area (Å²) < 4.78 is 0.865. The Morgan fingerprint density at radius 1 is 0.957 bits per heavy atom. The van der Waals surface area contributed by atoms with E-state index in [0.717, 1.165) is 10.2 Å². The van der Waals surface area contributed by atoms with Crippen molar-refractivity contribution in [2.45, 2.75) is 13.8 Å². The highest BCUT2D eigenvalue weighted by atomic mass is 79.9. The Kier molecular flexibility index (Phi) is 5.93. The number of carbonyl (C=O) groups excluding carboxylic acids is 2. The standard InChI is InChI=1S/C18H19BrN2O2/c1-3-20(16-9-5-4-6-10-16)18(23)13-21(14(2)22)17-11-7-8-15(19)12-17/h4-12H,3,13H2,1-2H3. The second-order valence-corrected chi connectivity index (χ2v) is 5.97. The smallest absolute Gasteiger partial charge is 0.247 e. The highest BCUT2D eigenvalue weighted by Crippen LogP contribution is 2.21. The minimum atomic E-state index is -0.166. The molecule has 0 aliphatic rings. The van der Waals surface area contributed by atoms with Gasteiger partial charge in [-0.05, 0) is 37.3 Å². The zero-order valence-electron chi connectivity index (χ0n) is 13.2. The number of hydrogen-bond acceptors (Lipinski definition) is 2. The number of anilines is 2. The molecule has 23 heavy (non-hydrogen) atoms. The molecule has 0 unspecified atom stereocenters. The lowest BCUT2D eigenvalue weighted by Gasteiger charge is -2.26. The average Bonchev–Trinajstić information content (AvgIpc) is 2.54. The Hall–Kier alpha value is -2.14. The Morgan fingerprint density at radius 3 is 2.17 bits per heavy atom. The summed E-state index contributed by atoms with van der Waals surface area (Å²) in [6.07, 6.45) is 0. The summed E-state index contributed by atoms with van der Waals surface area (Å²) in [5.74, 6) is -0.283. The highest BCUT2D eigenvalue weighted by Gasteiger charge is 2.20. The molecule has 2 amide bonds. The van der Waals surface area contributed by atoms with Gasteiger partial charge in [0.1, 0.15) is 6.54 Å². The van der Waals surface area contributed by atoms with E-state index in [9.17, 15) is 9.59 Å². The summed E-state index contributed by atoms with van der Waals surface area (Å²) >= 11 is 3.39. The molecule has 5 heteroatoms. The van der Waals surface area contributed by atoms with Crippen molar-refractivity contribution in [1.29, 1.82) is 0 Å². The fourth-order valence-corrected chi connectivity index (χ4v) is 2.75. The number of hydrogen-bond donors (Lipinski definition) is 0. The summed E-state index contributed by atoms with van der Waals surface area (Å²) in [4.78, 5) is 27.8. The van der Waals surface area contributed by atoms with Gasteiger partial charge >= 0.3 is 0 Å². The van der Waals surface area contributed by atoms with Crippen LogP contribution in [0.15, 0.2) is 59.1 Å². The van der Waals surface area contributed by atoms with Crippen molar-refractivity contribution >= 4 is 39.1 Å². The summed E-state index contributed by atoms with van der Waals surface area (Å²) in [6.45, 7) is 3.94. The third-order valence-electron chi connectivity index (χ3n) is 3.48. The van der Waals surface area contributed by atoms with E-state index in [-0.39, 0.29) is 18.4 Å². The molecule has 0 bridgehead atoms. The molecule has 0 aliphatic carbocycles. The van der Waals surface area contributed by atoms with Gasteiger partial charge < -0.3 is 9.80 Å². The molecule has 0 aromatic heterocycles. The minimum absolute atomic E-state index is 0.00845. The molecule has 2 aromatic rings.